The van der Waals surface area contributed by atoms with E-state index in [0.29, 0.717) is 6.10 Å². The van der Waals surface area contributed by atoms with Crippen molar-refractivity contribution in [3.63, 3.8) is 0 Å². The van der Waals surface area contributed by atoms with Gasteiger partial charge in [0.15, 0.2) is 0 Å². The summed E-state index contributed by atoms with van der Waals surface area (Å²) in [5, 5.41) is 4.14. The summed E-state index contributed by atoms with van der Waals surface area (Å²) in [6, 6.07) is 6.13. The number of hydrogen-bond donors (Lipinski definition) is 1. The number of rotatable bonds is 6. The first-order valence-electron chi connectivity index (χ1n) is 5.67. The van der Waals surface area contributed by atoms with Crippen LogP contribution in [0.4, 0.5) is 0 Å². The number of halogens is 1. The molecule has 0 fully saturated rings. The Balaban J connectivity index is 2.27. The number of aryl methyl sites for hydroxylation is 1. The van der Waals surface area contributed by atoms with Gasteiger partial charge in [0, 0.05) is 18.1 Å². The van der Waals surface area contributed by atoms with Crippen LogP contribution >= 0.6 is 11.6 Å². The van der Waals surface area contributed by atoms with E-state index < -0.39 is 0 Å². The van der Waals surface area contributed by atoms with Crippen LogP contribution in [-0.4, -0.2) is 19.3 Å². The lowest BCUT2D eigenvalue weighted by Gasteiger charge is -2.09. The smallest absolute Gasteiger partial charge is 0.0594 e. The van der Waals surface area contributed by atoms with Gasteiger partial charge in [-0.15, -0.1) is 0 Å². The van der Waals surface area contributed by atoms with Gasteiger partial charge in [0.05, 0.1) is 12.7 Å². The molecule has 0 spiro atoms. The van der Waals surface area contributed by atoms with Crippen molar-refractivity contribution in [2.24, 2.45) is 0 Å². The van der Waals surface area contributed by atoms with Crippen LogP contribution in [-0.2, 0) is 11.3 Å². The molecule has 0 radical (unpaired) electrons. The summed E-state index contributed by atoms with van der Waals surface area (Å²) in [7, 11) is 0. The average molecular weight is 242 g/mol. The van der Waals surface area contributed by atoms with Crippen molar-refractivity contribution in [1.82, 2.24) is 5.32 Å². The summed E-state index contributed by atoms with van der Waals surface area (Å²) in [6.07, 6.45) is 0.296. The van der Waals surface area contributed by atoms with Gasteiger partial charge in [-0.1, -0.05) is 23.7 Å². The van der Waals surface area contributed by atoms with E-state index in [2.05, 4.69) is 17.4 Å². The Morgan fingerprint density at radius 3 is 2.75 bits per heavy atom. The highest BCUT2D eigenvalue weighted by Gasteiger charge is 1.99. The lowest BCUT2D eigenvalue weighted by molar-refractivity contribution is 0.0807. The average Bonchev–Trinajstić information content (AvgIpc) is 2.20. The molecule has 0 saturated heterocycles. The number of benzene rings is 1. The standard InChI is InChI=1S/C13H20ClNO/c1-10(2)16-7-6-15-9-12-5-4-11(3)8-13(12)14/h4-5,8,10,15H,6-7,9H2,1-3H3. The maximum Gasteiger partial charge on any atom is 0.0594 e. The van der Waals surface area contributed by atoms with E-state index in [-0.39, 0.29) is 0 Å². The highest BCUT2D eigenvalue weighted by Crippen LogP contribution is 2.16. The van der Waals surface area contributed by atoms with Crippen molar-refractivity contribution >= 4 is 11.6 Å². The molecule has 0 bridgehead atoms. The minimum Gasteiger partial charge on any atom is -0.377 e. The van der Waals surface area contributed by atoms with Crippen molar-refractivity contribution in [3.05, 3.63) is 34.3 Å². The molecular formula is C13H20ClNO. The molecule has 16 heavy (non-hydrogen) atoms. The summed E-state index contributed by atoms with van der Waals surface area (Å²) in [4.78, 5) is 0. The van der Waals surface area contributed by atoms with Crippen LogP contribution in [0, 0.1) is 6.92 Å². The molecule has 0 amide bonds. The van der Waals surface area contributed by atoms with E-state index in [0.717, 1.165) is 30.3 Å². The molecule has 1 aromatic carbocycles. The second kappa shape index (κ2) is 6.89. The van der Waals surface area contributed by atoms with E-state index >= 15 is 0 Å². The van der Waals surface area contributed by atoms with Gasteiger partial charge in [0.25, 0.3) is 0 Å². The van der Waals surface area contributed by atoms with Gasteiger partial charge in [-0.3, -0.25) is 0 Å². The molecule has 1 N–H and O–H groups in total. The van der Waals surface area contributed by atoms with Crippen molar-refractivity contribution in [2.75, 3.05) is 13.2 Å². The predicted octanol–water partition coefficient (Wildman–Crippen LogP) is 3.16. The highest BCUT2D eigenvalue weighted by atomic mass is 35.5. The first-order chi connectivity index (χ1) is 7.59. The van der Waals surface area contributed by atoms with E-state index in [1.54, 1.807) is 0 Å². The predicted molar refractivity (Wildman–Crippen MR) is 69.0 cm³/mol. The minimum atomic E-state index is 0.296. The molecule has 0 aliphatic carbocycles. The molecule has 0 aliphatic heterocycles. The van der Waals surface area contributed by atoms with Gasteiger partial charge in [0.1, 0.15) is 0 Å². The fraction of sp³-hybridized carbons (Fsp3) is 0.538. The SMILES string of the molecule is Cc1ccc(CNCCOC(C)C)c(Cl)c1. The van der Waals surface area contributed by atoms with Crippen molar-refractivity contribution < 1.29 is 4.74 Å². The fourth-order valence-electron chi connectivity index (χ4n) is 1.39. The summed E-state index contributed by atoms with van der Waals surface area (Å²) in [6.45, 7) is 8.50. The zero-order chi connectivity index (χ0) is 12.0. The Morgan fingerprint density at radius 1 is 1.38 bits per heavy atom. The summed E-state index contributed by atoms with van der Waals surface area (Å²) in [5.41, 5.74) is 2.33. The summed E-state index contributed by atoms with van der Waals surface area (Å²) < 4.78 is 5.43. The first kappa shape index (κ1) is 13.5. The van der Waals surface area contributed by atoms with Crippen LogP contribution in [0.5, 0.6) is 0 Å². The molecule has 3 heteroatoms. The molecule has 0 aliphatic rings. The third-order valence-corrected chi connectivity index (χ3v) is 2.61. The third kappa shape index (κ3) is 4.97. The molecule has 2 nitrogen and oxygen atoms in total. The molecule has 1 rings (SSSR count). The summed E-state index contributed by atoms with van der Waals surface area (Å²) >= 11 is 6.12. The molecule has 90 valence electrons. The fourth-order valence-corrected chi connectivity index (χ4v) is 1.69. The van der Waals surface area contributed by atoms with Gasteiger partial charge in [-0.05, 0) is 38.0 Å². The quantitative estimate of drug-likeness (QED) is 0.773. The Bertz CT molecular complexity index is 326. The first-order valence-corrected chi connectivity index (χ1v) is 6.04. The second-order valence-corrected chi connectivity index (χ2v) is 4.60. The van der Waals surface area contributed by atoms with Crippen molar-refractivity contribution in [1.29, 1.82) is 0 Å². The second-order valence-electron chi connectivity index (χ2n) is 4.19. The number of ether oxygens (including phenoxy) is 1. The zero-order valence-corrected chi connectivity index (χ0v) is 11.0. The number of hydrogen-bond acceptors (Lipinski definition) is 2. The van der Waals surface area contributed by atoms with Gasteiger partial charge >= 0.3 is 0 Å². The molecule has 0 unspecified atom stereocenters. The highest BCUT2D eigenvalue weighted by molar-refractivity contribution is 6.31. The zero-order valence-electron chi connectivity index (χ0n) is 10.2. The Labute approximate surface area is 103 Å². The molecular weight excluding hydrogens is 222 g/mol. The summed E-state index contributed by atoms with van der Waals surface area (Å²) in [5.74, 6) is 0. The third-order valence-electron chi connectivity index (χ3n) is 2.25. The Kier molecular flexibility index (Phi) is 5.81. The van der Waals surface area contributed by atoms with Crippen molar-refractivity contribution in [2.45, 2.75) is 33.4 Å². The van der Waals surface area contributed by atoms with E-state index in [4.69, 9.17) is 16.3 Å². The van der Waals surface area contributed by atoms with E-state index in [1.807, 2.05) is 26.8 Å². The monoisotopic (exact) mass is 241 g/mol. The van der Waals surface area contributed by atoms with Gasteiger partial charge < -0.3 is 10.1 Å². The van der Waals surface area contributed by atoms with Crippen LogP contribution < -0.4 is 5.32 Å². The maximum absolute atomic E-state index is 6.12. The number of nitrogens with one attached hydrogen (secondary N) is 1. The molecule has 0 saturated carbocycles. The Morgan fingerprint density at radius 2 is 2.12 bits per heavy atom. The molecule has 0 atom stereocenters. The van der Waals surface area contributed by atoms with Crippen molar-refractivity contribution in [3.8, 4) is 0 Å². The Hall–Kier alpha value is -0.570. The minimum absolute atomic E-state index is 0.296. The van der Waals surface area contributed by atoms with Crippen LogP contribution in [0.2, 0.25) is 5.02 Å². The van der Waals surface area contributed by atoms with Crippen LogP contribution in [0.3, 0.4) is 0 Å². The lowest BCUT2D eigenvalue weighted by atomic mass is 10.1. The van der Waals surface area contributed by atoms with Gasteiger partial charge in [0.2, 0.25) is 0 Å². The molecule has 0 heterocycles. The van der Waals surface area contributed by atoms with Crippen LogP contribution in [0.25, 0.3) is 0 Å². The van der Waals surface area contributed by atoms with Crippen LogP contribution in [0.1, 0.15) is 25.0 Å². The topological polar surface area (TPSA) is 21.3 Å². The maximum atomic E-state index is 6.12. The normalized spacial score (nSPS) is 11.1. The van der Waals surface area contributed by atoms with Gasteiger partial charge in [-0.25, -0.2) is 0 Å². The molecule has 1 aromatic rings. The van der Waals surface area contributed by atoms with Crippen LogP contribution in [0.15, 0.2) is 18.2 Å². The molecule has 0 aromatic heterocycles. The lowest BCUT2D eigenvalue weighted by Crippen LogP contribution is -2.21. The van der Waals surface area contributed by atoms with Gasteiger partial charge in [-0.2, -0.15) is 0 Å². The largest absolute Gasteiger partial charge is 0.377 e. The van der Waals surface area contributed by atoms with E-state index in [1.165, 1.54) is 5.56 Å². The van der Waals surface area contributed by atoms with E-state index in [9.17, 15) is 0 Å².